The zero-order valence-electron chi connectivity index (χ0n) is 17.5. The first-order valence-corrected chi connectivity index (χ1v) is 13.5. The van der Waals surface area contributed by atoms with Crippen molar-refractivity contribution in [1.82, 2.24) is 0 Å². The number of rotatable bonds is 9. The first kappa shape index (κ1) is 22.8. The second-order valence-electron chi connectivity index (χ2n) is 8.18. The van der Waals surface area contributed by atoms with E-state index in [1.165, 1.54) is 10.4 Å². The molecule has 0 amide bonds. The predicted octanol–water partition coefficient (Wildman–Crippen LogP) is 3.71. The van der Waals surface area contributed by atoms with Crippen molar-refractivity contribution in [3.63, 3.8) is 0 Å². The summed E-state index contributed by atoms with van der Waals surface area (Å²) in [5, 5.41) is 2.19. The zero-order valence-corrected chi connectivity index (χ0v) is 19.3. The van der Waals surface area contributed by atoms with Crippen LogP contribution in [0.15, 0.2) is 60.7 Å². The molecule has 0 fully saturated rings. The van der Waals surface area contributed by atoms with E-state index in [1.807, 2.05) is 36.4 Å². The van der Waals surface area contributed by atoms with Gasteiger partial charge in [-0.05, 0) is 21.8 Å². The maximum Gasteiger partial charge on any atom is 0.264 e. The van der Waals surface area contributed by atoms with Crippen molar-refractivity contribution < 1.29 is 17.0 Å². The Morgan fingerprint density at radius 3 is 1.75 bits per heavy atom. The van der Waals surface area contributed by atoms with Crippen molar-refractivity contribution in [2.24, 2.45) is 0 Å². The molecule has 6 heteroatoms. The van der Waals surface area contributed by atoms with Crippen LogP contribution in [0.25, 0.3) is 0 Å². The Balaban J connectivity index is 2.59. The summed E-state index contributed by atoms with van der Waals surface area (Å²) in [5.74, 6) is 0. The van der Waals surface area contributed by atoms with Gasteiger partial charge in [0.05, 0.1) is 19.0 Å². The van der Waals surface area contributed by atoms with E-state index in [0.29, 0.717) is 0 Å². The maximum absolute atomic E-state index is 11.6. The van der Waals surface area contributed by atoms with Crippen LogP contribution >= 0.6 is 0 Å². The first-order chi connectivity index (χ1) is 13.1. The summed E-state index contributed by atoms with van der Waals surface area (Å²) < 4.78 is 35.3. The summed E-state index contributed by atoms with van der Waals surface area (Å²) in [6, 6.07) is 20.7. The predicted molar refractivity (Wildman–Crippen MR) is 118 cm³/mol. The highest BCUT2D eigenvalue weighted by Crippen LogP contribution is 2.38. The molecule has 0 unspecified atom stereocenters. The van der Waals surface area contributed by atoms with E-state index in [0.717, 1.165) is 19.1 Å². The fraction of sp³-hybridized carbons (Fsp3) is 0.455. The second-order valence-corrected chi connectivity index (χ2v) is 14.1. The van der Waals surface area contributed by atoms with Gasteiger partial charge in [0.2, 0.25) is 0 Å². The van der Waals surface area contributed by atoms with Gasteiger partial charge in [-0.2, -0.15) is 8.42 Å². The lowest BCUT2D eigenvalue weighted by Gasteiger charge is -2.45. The Kier molecular flexibility index (Phi) is 7.62. The minimum atomic E-state index is -3.52. The van der Waals surface area contributed by atoms with Crippen molar-refractivity contribution in [3.05, 3.63) is 60.7 Å². The average molecular weight is 421 g/mol. The highest BCUT2D eigenvalue weighted by molar-refractivity contribution is 7.85. The molecular formula is C22H32O4SSi. The van der Waals surface area contributed by atoms with Crippen LogP contribution in [0.2, 0.25) is 5.04 Å². The van der Waals surface area contributed by atoms with Gasteiger partial charge in [0.25, 0.3) is 18.4 Å². The van der Waals surface area contributed by atoms with Crippen LogP contribution in [0, 0.1) is 0 Å². The van der Waals surface area contributed by atoms with Crippen molar-refractivity contribution in [1.29, 1.82) is 0 Å². The molecule has 0 saturated heterocycles. The molecule has 2 aromatic carbocycles. The fourth-order valence-electron chi connectivity index (χ4n) is 3.64. The molecule has 0 spiro atoms. The van der Waals surface area contributed by atoms with Crippen molar-refractivity contribution in [2.45, 2.75) is 51.7 Å². The summed E-state index contributed by atoms with van der Waals surface area (Å²) in [6.07, 6.45) is 2.40. The lowest BCUT2D eigenvalue weighted by atomic mass is 10.2. The molecule has 0 saturated carbocycles. The first-order valence-electron chi connectivity index (χ1n) is 9.73. The van der Waals surface area contributed by atoms with E-state index >= 15 is 0 Å². The minimum absolute atomic E-state index is 0.0389. The van der Waals surface area contributed by atoms with Crippen LogP contribution in [0.3, 0.4) is 0 Å². The van der Waals surface area contributed by atoms with E-state index < -0.39 is 18.4 Å². The van der Waals surface area contributed by atoms with Crippen LogP contribution < -0.4 is 10.4 Å². The second kappa shape index (κ2) is 9.35. The Hall–Kier alpha value is -1.47. The van der Waals surface area contributed by atoms with Crippen LogP contribution in [0.5, 0.6) is 0 Å². The third-order valence-corrected chi connectivity index (χ3v) is 10.5. The summed E-state index contributed by atoms with van der Waals surface area (Å²) in [4.78, 5) is 0. The van der Waals surface area contributed by atoms with Gasteiger partial charge >= 0.3 is 0 Å². The van der Waals surface area contributed by atoms with Gasteiger partial charge in [0.15, 0.2) is 0 Å². The van der Waals surface area contributed by atoms with Gasteiger partial charge in [0.1, 0.15) is 0 Å². The molecule has 2 aromatic rings. The largest absolute Gasteiger partial charge is 0.402 e. The van der Waals surface area contributed by atoms with Crippen molar-refractivity contribution >= 4 is 28.8 Å². The van der Waals surface area contributed by atoms with Gasteiger partial charge in [0, 0.05) is 0 Å². The molecule has 2 rings (SSSR count). The Morgan fingerprint density at radius 2 is 1.39 bits per heavy atom. The molecule has 154 valence electrons. The molecule has 4 nitrogen and oxygen atoms in total. The Labute approximate surface area is 171 Å². The van der Waals surface area contributed by atoms with E-state index in [1.54, 1.807) is 0 Å². The topological polar surface area (TPSA) is 52.6 Å². The molecule has 0 aliphatic heterocycles. The standard InChI is InChI=1S/C22H32O4SSi/c1-6-13-19(18-25-27(5,23)24)26-28(22(2,3)4,20-14-9-7-10-15-20)21-16-11-8-12-17-21/h7-12,14-17,19H,6,13,18H2,1-5H3/t19-/m0/s1. The quantitative estimate of drug-likeness (QED) is 0.458. The van der Waals surface area contributed by atoms with Gasteiger partial charge in [-0.1, -0.05) is 94.8 Å². The summed E-state index contributed by atoms with van der Waals surface area (Å²) in [7, 11) is -6.24. The number of hydrogen-bond donors (Lipinski definition) is 0. The normalized spacial score (nSPS) is 14.0. The third-order valence-electron chi connectivity index (χ3n) is 4.84. The van der Waals surface area contributed by atoms with E-state index in [9.17, 15) is 8.42 Å². The highest BCUT2D eigenvalue weighted by atomic mass is 32.2. The smallest absolute Gasteiger partial charge is 0.264 e. The van der Waals surface area contributed by atoms with Crippen LogP contribution in [0.1, 0.15) is 40.5 Å². The van der Waals surface area contributed by atoms with Crippen molar-refractivity contribution in [3.8, 4) is 0 Å². The van der Waals surface area contributed by atoms with Crippen LogP contribution in [-0.2, 0) is 18.7 Å². The lowest BCUT2D eigenvalue weighted by Crippen LogP contribution is -2.68. The molecule has 0 aliphatic carbocycles. The molecule has 28 heavy (non-hydrogen) atoms. The molecule has 0 bridgehead atoms. The van der Waals surface area contributed by atoms with Crippen LogP contribution in [0.4, 0.5) is 0 Å². The van der Waals surface area contributed by atoms with Gasteiger partial charge in [-0.15, -0.1) is 0 Å². The number of hydrogen-bond acceptors (Lipinski definition) is 4. The van der Waals surface area contributed by atoms with Crippen LogP contribution in [-0.4, -0.2) is 35.7 Å². The van der Waals surface area contributed by atoms with Gasteiger partial charge in [-0.3, -0.25) is 4.18 Å². The Morgan fingerprint density at radius 1 is 0.929 bits per heavy atom. The number of benzene rings is 2. The summed E-state index contributed by atoms with van der Waals surface area (Å²) in [6.45, 7) is 8.73. The maximum atomic E-state index is 11.6. The zero-order chi connectivity index (χ0) is 20.8. The minimum Gasteiger partial charge on any atom is -0.402 e. The van der Waals surface area contributed by atoms with Gasteiger partial charge in [-0.25, -0.2) is 0 Å². The molecule has 0 aromatic heterocycles. The molecule has 0 aliphatic rings. The summed E-state index contributed by atoms with van der Waals surface area (Å²) in [5.41, 5.74) is 0. The molecule has 0 radical (unpaired) electrons. The molecular weight excluding hydrogens is 388 g/mol. The van der Waals surface area contributed by atoms with E-state index in [2.05, 4.69) is 52.0 Å². The van der Waals surface area contributed by atoms with E-state index in [-0.39, 0.29) is 17.7 Å². The van der Waals surface area contributed by atoms with Gasteiger partial charge < -0.3 is 4.43 Å². The van der Waals surface area contributed by atoms with E-state index in [4.69, 9.17) is 8.61 Å². The lowest BCUT2D eigenvalue weighted by molar-refractivity contribution is 0.115. The molecule has 0 heterocycles. The molecule has 0 N–H and O–H groups in total. The Bertz CT molecular complexity index is 790. The summed E-state index contributed by atoms with van der Waals surface area (Å²) >= 11 is 0. The average Bonchev–Trinajstić information content (AvgIpc) is 2.64. The SMILES string of the molecule is CCC[C@@H](COS(C)(=O)=O)O[Si](c1ccccc1)(c1ccccc1)C(C)(C)C. The third kappa shape index (κ3) is 5.53. The monoisotopic (exact) mass is 420 g/mol. The van der Waals surface area contributed by atoms with Crippen molar-refractivity contribution in [2.75, 3.05) is 12.9 Å². The fourth-order valence-corrected chi connectivity index (χ4v) is 8.74. The highest BCUT2D eigenvalue weighted by Gasteiger charge is 2.51. The molecule has 1 atom stereocenters.